The van der Waals surface area contributed by atoms with Gasteiger partial charge in [0.1, 0.15) is 12.1 Å². The fraction of sp³-hybridized carbons (Fsp3) is 0.500. The number of carbonyl (C=O) groups is 2. The van der Waals surface area contributed by atoms with E-state index in [1.165, 1.54) is 0 Å². The molecule has 0 fully saturated rings. The van der Waals surface area contributed by atoms with E-state index in [0.717, 1.165) is 9.87 Å². The molecule has 0 amide bonds. The van der Waals surface area contributed by atoms with E-state index < -0.39 is 28.8 Å². The molecular weight excluding hydrogens is 348 g/mol. The molecule has 0 bridgehead atoms. The van der Waals surface area contributed by atoms with Crippen molar-refractivity contribution in [1.82, 2.24) is 4.90 Å². The number of aliphatic carboxylic acids is 1. The maximum absolute atomic E-state index is 11.9. The second-order valence-electron chi connectivity index (χ2n) is 6.59. The zero-order valence-corrected chi connectivity index (χ0v) is 15.6. The van der Waals surface area contributed by atoms with Crippen LogP contribution in [0.1, 0.15) is 26.3 Å². The highest BCUT2D eigenvalue weighted by Gasteiger charge is 2.22. The molecule has 1 atom stereocenters. The fourth-order valence-corrected chi connectivity index (χ4v) is 2.61. The maximum atomic E-state index is 11.9. The highest BCUT2D eigenvalue weighted by atomic mass is 32.2. The molecular formula is C16H24N2O6S. The van der Waals surface area contributed by atoms with Gasteiger partial charge in [-0.3, -0.25) is 23.3 Å². The van der Waals surface area contributed by atoms with E-state index >= 15 is 0 Å². The van der Waals surface area contributed by atoms with Crippen LogP contribution in [0.4, 0.5) is 5.69 Å². The largest absolute Gasteiger partial charge is 0.480 e. The summed E-state index contributed by atoms with van der Waals surface area (Å²) in [4.78, 5) is 24.2. The van der Waals surface area contributed by atoms with Crippen LogP contribution in [-0.4, -0.2) is 56.4 Å². The number of esters is 1. The van der Waals surface area contributed by atoms with Gasteiger partial charge in [0.15, 0.2) is 0 Å². The van der Waals surface area contributed by atoms with Gasteiger partial charge in [-0.05, 0) is 45.5 Å². The molecule has 0 heterocycles. The molecule has 0 aliphatic rings. The van der Waals surface area contributed by atoms with E-state index in [9.17, 15) is 18.4 Å². The SMILES string of the molecule is CN(CC(=O)O)Cc1ccc(N(CC(=O)OC(C)(C)C)S(=O)O)cc1. The summed E-state index contributed by atoms with van der Waals surface area (Å²) in [6.07, 6.45) is 0. The van der Waals surface area contributed by atoms with Crippen molar-refractivity contribution < 1.29 is 28.2 Å². The lowest BCUT2D eigenvalue weighted by molar-refractivity contribution is -0.152. The minimum atomic E-state index is -2.38. The topological polar surface area (TPSA) is 107 Å². The minimum absolute atomic E-state index is 0.0901. The number of carboxylic acids is 1. The van der Waals surface area contributed by atoms with Crippen LogP contribution in [0.15, 0.2) is 24.3 Å². The van der Waals surface area contributed by atoms with Crippen molar-refractivity contribution in [3.8, 4) is 0 Å². The Hall–Kier alpha value is -1.97. The Morgan fingerprint density at radius 1 is 1.16 bits per heavy atom. The summed E-state index contributed by atoms with van der Waals surface area (Å²) in [5.41, 5.74) is 0.544. The van der Waals surface area contributed by atoms with Gasteiger partial charge in [0.2, 0.25) is 0 Å². The first-order chi connectivity index (χ1) is 11.5. The quantitative estimate of drug-likeness (QED) is 0.526. The van der Waals surface area contributed by atoms with Crippen LogP contribution in [0, 0.1) is 0 Å². The second-order valence-corrected chi connectivity index (χ2v) is 7.49. The van der Waals surface area contributed by atoms with E-state index in [1.807, 2.05) is 0 Å². The summed E-state index contributed by atoms with van der Waals surface area (Å²) in [7, 11) is 1.68. The van der Waals surface area contributed by atoms with Crippen molar-refractivity contribution in [2.24, 2.45) is 0 Å². The number of carboxylic acid groups (broad SMARTS) is 1. The normalized spacial score (nSPS) is 12.7. The Bertz CT molecular complexity index is 627. The lowest BCUT2D eigenvalue weighted by Gasteiger charge is -2.24. The molecule has 25 heavy (non-hydrogen) atoms. The average molecular weight is 372 g/mol. The number of benzene rings is 1. The van der Waals surface area contributed by atoms with E-state index in [2.05, 4.69) is 0 Å². The number of hydrogen-bond acceptors (Lipinski definition) is 5. The van der Waals surface area contributed by atoms with Gasteiger partial charge >= 0.3 is 11.9 Å². The van der Waals surface area contributed by atoms with Crippen molar-refractivity contribution in [2.75, 3.05) is 24.4 Å². The highest BCUT2D eigenvalue weighted by molar-refractivity contribution is 7.80. The summed E-state index contributed by atoms with van der Waals surface area (Å²) in [6, 6.07) is 6.62. The summed E-state index contributed by atoms with van der Waals surface area (Å²) in [6.45, 7) is 5.11. The molecule has 2 N–H and O–H groups in total. The molecule has 0 spiro atoms. The fourth-order valence-electron chi connectivity index (χ4n) is 2.09. The second kappa shape index (κ2) is 8.93. The molecule has 0 aliphatic heterocycles. The van der Waals surface area contributed by atoms with Crippen molar-refractivity contribution in [1.29, 1.82) is 0 Å². The monoisotopic (exact) mass is 372 g/mol. The molecule has 0 aromatic heterocycles. The Morgan fingerprint density at radius 2 is 1.72 bits per heavy atom. The van der Waals surface area contributed by atoms with E-state index in [4.69, 9.17) is 9.84 Å². The van der Waals surface area contributed by atoms with Gasteiger partial charge in [-0.1, -0.05) is 12.1 Å². The number of rotatable bonds is 8. The highest BCUT2D eigenvalue weighted by Crippen LogP contribution is 2.18. The van der Waals surface area contributed by atoms with Crippen LogP contribution in [0.3, 0.4) is 0 Å². The Labute approximate surface area is 149 Å². The smallest absolute Gasteiger partial charge is 0.327 e. The summed E-state index contributed by atoms with van der Waals surface area (Å²) in [5, 5.41) is 8.75. The third-order valence-electron chi connectivity index (χ3n) is 2.96. The molecule has 0 aliphatic carbocycles. The summed E-state index contributed by atoms with van der Waals surface area (Å²) >= 11 is -2.38. The maximum Gasteiger partial charge on any atom is 0.327 e. The zero-order valence-electron chi connectivity index (χ0n) is 14.8. The van der Waals surface area contributed by atoms with Crippen LogP contribution in [0.5, 0.6) is 0 Å². The van der Waals surface area contributed by atoms with E-state index in [-0.39, 0.29) is 13.1 Å². The lowest BCUT2D eigenvalue weighted by atomic mass is 10.2. The first-order valence-corrected chi connectivity index (χ1v) is 8.64. The summed E-state index contributed by atoms with van der Waals surface area (Å²) in [5.74, 6) is -1.53. The third-order valence-corrected chi connectivity index (χ3v) is 3.68. The number of hydrogen-bond donors (Lipinski definition) is 2. The first-order valence-electron chi connectivity index (χ1n) is 7.57. The van der Waals surface area contributed by atoms with Crippen molar-refractivity contribution in [3.63, 3.8) is 0 Å². The van der Waals surface area contributed by atoms with Crippen LogP contribution < -0.4 is 4.31 Å². The van der Waals surface area contributed by atoms with Crippen molar-refractivity contribution in [2.45, 2.75) is 32.9 Å². The van der Waals surface area contributed by atoms with Gasteiger partial charge in [0, 0.05) is 6.54 Å². The predicted molar refractivity (Wildman–Crippen MR) is 94.4 cm³/mol. The molecule has 9 heteroatoms. The standard InChI is InChI=1S/C16H24N2O6S/c1-16(2,3)24-15(21)11-18(25(22)23)13-7-5-12(6-8-13)9-17(4)10-14(19)20/h5-8H,9-11H2,1-4H3,(H,19,20)(H,22,23). The Morgan fingerprint density at radius 3 is 2.16 bits per heavy atom. The van der Waals surface area contributed by atoms with Gasteiger partial charge in [-0.2, -0.15) is 0 Å². The number of ether oxygens (including phenoxy) is 1. The third kappa shape index (κ3) is 8.10. The van der Waals surface area contributed by atoms with Crippen LogP contribution >= 0.6 is 0 Å². The minimum Gasteiger partial charge on any atom is -0.480 e. The van der Waals surface area contributed by atoms with Gasteiger partial charge < -0.3 is 9.84 Å². The number of anilines is 1. The molecule has 1 rings (SSSR count). The molecule has 1 aromatic rings. The van der Waals surface area contributed by atoms with Gasteiger partial charge in [0.05, 0.1) is 12.2 Å². The Balaban J connectivity index is 2.80. The molecule has 1 aromatic carbocycles. The van der Waals surface area contributed by atoms with Gasteiger partial charge in [-0.25, -0.2) is 4.21 Å². The number of likely N-dealkylation sites (N-methyl/N-ethyl adjacent to an activating group) is 1. The predicted octanol–water partition coefficient (Wildman–Crippen LogP) is 1.49. The molecule has 8 nitrogen and oxygen atoms in total. The van der Waals surface area contributed by atoms with Crippen LogP contribution in [0.2, 0.25) is 0 Å². The number of carbonyl (C=O) groups excluding carboxylic acids is 1. The molecule has 0 saturated carbocycles. The van der Waals surface area contributed by atoms with Crippen LogP contribution in [0.25, 0.3) is 0 Å². The van der Waals surface area contributed by atoms with Gasteiger partial charge in [-0.15, -0.1) is 0 Å². The summed E-state index contributed by atoms with van der Waals surface area (Å²) < 4.78 is 27.2. The van der Waals surface area contributed by atoms with E-state index in [1.54, 1.807) is 57.0 Å². The Kier molecular flexibility index (Phi) is 7.53. The molecule has 140 valence electrons. The van der Waals surface area contributed by atoms with Gasteiger partial charge in [0.25, 0.3) is 11.3 Å². The lowest BCUT2D eigenvalue weighted by Crippen LogP contribution is -2.36. The first kappa shape index (κ1) is 21.1. The zero-order chi connectivity index (χ0) is 19.2. The van der Waals surface area contributed by atoms with Crippen molar-refractivity contribution >= 4 is 28.9 Å². The van der Waals surface area contributed by atoms with E-state index in [0.29, 0.717) is 12.2 Å². The number of nitrogens with zero attached hydrogens (tertiary/aromatic N) is 2. The van der Waals surface area contributed by atoms with Crippen molar-refractivity contribution in [3.05, 3.63) is 29.8 Å². The van der Waals surface area contributed by atoms with Crippen LogP contribution in [-0.2, 0) is 32.1 Å². The molecule has 0 saturated heterocycles. The average Bonchev–Trinajstić information content (AvgIpc) is 2.42. The molecule has 1 unspecified atom stereocenters. The molecule has 0 radical (unpaired) electrons.